The topological polar surface area (TPSA) is 70.0 Å². The average Bonchev–Trinajstić information content (AvgIpc) is 2.88. The second kappa shape index (κ2) is 5.48. The first-order valence-corrected chi connectivity index (χ1v) is 6.40. The van der Waals surface area contributed by atoms with Crippen LogP contribution < -0.4 is 4.74 Å². The number of hydrogen-bond donors (Lipinski definition) is 2. The minimum absolute atomic E-state index is 0.154. The van der Waals surface area contributed by atoms with E-state index in [2.05, 4.69) is 0 Å². The van der Waals surface area contributed by atoms with Crippen molar-refractivity contribution in [3.8, 4) is 11.5 Å². The highest BCUT2D eigenvalue weighted by molar-refractivity contribution is 5.74. The molecule has 19 heavy (non-hydrogen) atoms. The van der Waals surface area contributed by atoms with Gasteiger partial charge in [-0.15, -0.1) is 0 Å². The zero-order valence-electron chi connectivity index (χ0n) is 11.2. The van der Waals surface area contributed by atoms with Crippen LogP contribution in [0.4, 0.5) is 0 Å². The minimum Gasteiger partial charge on any atom is -0.508 e. The molecular formula is C14H19NO4. The molecule has 1 heterocycles. The van der Waals surface area contributed by atoms with Crippen LogP contribution in [-0.4, -0.2) is 40.8 Å². The summed E-state index contributed by atoms with van der Waals surface area (Å²) in [6.07, 6.45) is 1.52. The Labute approximate surface area is 112 Å². The number of benzene rings is 1. The van der Waals surface area contributed by atoms with E-state index in [9.17, 15) is 15.0 Å². The van der Waals surface area contributed by atoms with E-state index in [0.29, 0.717) is 17.7 Å². The largest absolute Gasteiger partial charge is 0.508 e. The van der Waals surface area contributed by atoms with Crippen molar-refractivity contribution in [1.29, 1.82) is 0 Å². The second-order valence-corrected chi connectivity index (χ2v) is 4.83. The molecule has 2 atom stereocenters. The first-order chi connectivity index (χ1) is 9.04. The van der Waals surface area contributed by atoms with Crippen molar-refractivity contribution in [1.82, 2.24) is 4.90 Å². The molecule has 0 amide bonds. The van der Waals surface area contributed by atoms with Crippen LogP contribution in [0.15, 0.2) is 18.2 Å². The highest BCUT2D eigenvalue weighted by Crippen LogP contribution is 2.35. The van der Waals surface area contributed by atoms with Crippen molar-refractivity contribution >= 4 is 5.97 Å². The van der Waals surface area contributed by atoms with Gasteiger partial charge in [-0.05, 0) is 44.5 Å². The van der Waals surface area contributed by atoms with E-state index < -0.39 is 12.0 Å². The van der Waals surface area contributed by atoms with E-state index in [1.165, 1.54) is 0 Å². The molecule has 5 nitrogen and oxygen atoms in total. The Hall–Kier alpha value is -1.75. The van der Waals surface area contributed by atoms with E-state index in [0.717, 1.165) is 13.0 Å². The quantitative estimate of drug-likeness (QED) is 0.871. The van der Waals surface area contributed by atoms with Crippen LogP contribution in [0.2, 0.25) is 0 Å². The van der Waals surface area contributed by atoms with Crippen LogP contribution in [0.25, 0.3) is 0 Å². The number of ether oxygens (including phenoxy) is 1. The number of phenols is 1. The van der Waals surface area contributed by atoms with E-state index >= 15 is 0 Å². The Balaban J connectivity index is 2.28. The number of nitrogens with zero attached hydrogens (tertiary/aromatic N) is 1. The molecule has 2 unspecified atom stereocenters. The van der Waals surface area contributed by atoms with Crippen molar-refractivity contribution in [2.75, 3.05) is 13.7 Å². The van der Waals surface area contributed by atoms with Gasteiger partial charge in [-0.1, -0.05) is 0 Å². The van der Waals surface area contributed by atoms with Crippen LogP contribution in [0.3, 0.4) is 0 Å². The second-order valence-electron chi connectivity index (χ2n) is 4.83. The Morgan fingerprint density at radius 1 is 1.53 bits per heavy atom. The summed E-state index contributed by atoms with van der Waals surface area (Å²) in [6.45, 7) is 2.64. The number of rotatable bonds is 4. The molecule has 1 fully saturated rings. The fraction of sp³-hybridized carbons (Fsp3) is 0.500. The molecule has 1 saturated heterocycles. The van der Waals surface area contributed by atoms with Gasteiger partial charge in [-0.25, -0.2) is 0 Å². The fourth-order valence-electron chi connectivity index (χ4n) is 2.69. The van der Waals surface area contributed by atoms with Gasteiger partial charge in [0.1, 0.15) is 17.5 Å². The van der Waals surface area contributed by atoms with E-state index in [1.54, 1.807) is 25.3 Å². The van der Waals surface area contributed by atoms with Gasteiger partial charge in [0.15, 0.2) is 0 Å². The van der Waals surface area contributed by atoms with E-state index in [4.69, 9.17) is 4.74 Å². The number of carbonyl (C=O) groups is 1. The third kappa shape index (κ3) is 2.66. The number of carboxylic acid groups (broad SMARTS) is 1. The Kier molecular flexibility index (Phi) is 3.95. The minimum atomic E-state index is -0.799. The van der Waals surface area contributed by atoms with Crippen LogP contribution >= 0.6 is 0 Å². The molecule has 1 aliphatic rings. The molecule has 1 aliphatic heterocycles. The highest BCUT2D eigenvalue weighted by Gasteiger charge is 2.34. The first kappa shape index (κ1) is 13.7. The van der Waals surface area contributed by atoms with Crippen molar-refractivity contribution in [3.63, 3.8) is 0 Å². The summed E-state index contributed by atoms with van der Waals surface area (Å²) in [5.74, 6) is 0.0294. The predicted octanol–water partition coefficient (Wildman–Crippen LogP) is 2.01. The third-order valence-corrected chi connectivity index (χ3v) is 3.76. The normalized spacial score (nSPS) is 21.3. The lowest BCUT2D eigenvalue weighted by Gasteiger charge is -2.29. The maximum atomic E-state index is 11.2. The van der Waals surface area contributed by atoms with Gasteiger partial charge in [0, 0.05) is 11.6 Å². The maximum absolute atomic E-state index is 11.2. The van der Waals surface area contributed by atoms with Crippen LogP contribution in [-0.2, 0) is 4.79 Å². The highest BCUT2D eigenvalue weighted by atomic mass is 16.5. The molecule has 0 saturated carbocycles. The summed E-state index contributed by atoms with van der Waals surface area (Å²) in [4.78, 5) is 13.1. The summed E-state index contributed by atoms with van der Waals surface area (Å²) in [6, 6.07) is 4.40. The molecule has 104 valence electrons. The Bertz CT molecular complexity index is 475. The number of aliphatic carboxylic acids is 1. The van der Waals surface area contributed by atoms with Gasteiger partial charge in [0.25, 0.3) is 0 Å². The predicted molar refractivity (Wildman–Crippen MR) is 70.4 cm³/mol. The number of carboxylic acids is 1. The van der Waals surface area contributed by atoms with Gasteiger partial charge in [0.2, 0.25) is 0 Å². The van der Waals surface area contributed by atoms with Gasteiger partial charge in [-0.2, -0.15) is 0 Å². The molecule has 1 aromatic carbocycles. The molecule has 0 aliphatic carbocycles. The SMILES string of the molecule is COc1ccc(O)c(C(C)N2CCCC2C(=O)O)c1. The van der Waals surface area contributed by atoms with Crippen molar-refractivity contribution in [2.24, 2.45) is 0 Å². The van der Waals surface area contributed by atoms with Gasteiger partial charge >= 0.3 is 5.97 Å². The molecule has 2 rings (SSSR count). The molecule has 0 radical (unpaired) electrons. The molecule has 5 heteroatoms. The summed E-state index contributed by atoms with van der Waals surface area (Å²) >= 11 is 0. The fourth-order valence-corrected chi connectivity index (χ4v) is 2.69. The lowest BCUT2D eigenvalue weighted by atomic mass is 10.0. The number of likely N-dealkylation sites (tertiary alicyclic amines) is 1. The zero-order chi connectivity index (χ0) is 14.0. The summed E-state index contributed by atoms with van der Waals surface area (Å²) in [5, 5.41) is 19.2. The van der Waals surface area contributed by atoms with Gasteiger partial charge < -0.3 is 14.9 Å². The molecule has 1 aromatic rings. The average molecular weight is 265 g/mol. The Morgan fingerprint density at radius 3 is 2.89 bits per heavy atom. The lowest BCUT2D eigenvalue weighted by Crippen LogP contribution is -2.37. The smallest absolute Gasteiger partial charge is 0.320 e. The van der Waals surface area contributed by atoms with Crippen LogP contribution in [0, 0.1) is 0 Å². The molecule has 0 bridgehead atoms. The maximum Gasteiger partial charge on any atom is 0.320 e. The third-order valence-electron chi connectivity index (χ3n) is 3.76. The van der Waals surface area contributed by atoms with Crippen LogP contribution in [0.1, 0.15) is 31.4 Å². The standard InChI is InChI=1S/C14H19NO4/c1-9(15-7-3-4-12(15)14(17)18)11-8-10(19-2)5-6-13(11)16/h5-6,8-9,12,16H,3-4,7H2,1-2H3,(H,17,18). The molecular weight excluding hydrogens is 246 g/mol. The molecule has 0 aromatic heterocycles. The van der Waals surface area contributed by atoms with E-state index in [1.807, 2.05) is 11.8 Å². The van der Waals surface area contributed by atoms with Crippen molar-refractivity contribution in [2.45, 2.75) is 31.8 Å². The summed E-state index contributed by atoms with van der Waals surface area (Å²) in [5.41, 5.74) is 0.701. The lowest BCUT2D eigenvalue weighted by molar-refractivity contribution is -0.142. The van der Waals surface area contributed by atoms with Crippen molar-refractivity contribution < 1.29 is 19.7 Å². The number of methoxy groups -OCH3 is 1. The number of phenolic OH excluding ortho intramolecular Hbond substituents is 1. The number of aromatic hydroxyl groups is 1. The van der Waals surface area contributed by atoms with Crippen molar-refractivity contribution in [3.05, 3.63) is 23.8 Å². The number of hydrogen-bond acceptors (Lipinski definition) is 4. The van der Waals surface area contributed by atoms with Gasteiger partial charge in [0.05, 0.1) is 7.11 Å². The van der Waals surface area contributed by atoms with Crippen LogP contribution in [0.5, 0.6) is 11.5 Å². The molecule has 2 N–H and O–H groups in total. The Morgan fingerprint density at radius 2 is 2.26 bits per heavy atom. The van der Waals surface area contributed by atoms with Gasteiger partial charge in [-0.3, -0.25) is 9.69 Å². The molecule has 0 spiro atoms. The zero-order valence-corrected chi connectivity index (χ0v) is 11.2. The monoisotopic (exact) mass is 265 g/mol. The summed E-state index contributed by atoms with van der Waals surface area (Å²) in [7, 11) is 1.57. The first-order valence-electron chi connectivity index (χ1n) is 6.40. The summed E-state index contributed by atoms with van der Waals surface area (Å²) < 4.78 is 5.15. The van der Waals surface area contributed by atoms with E-state index in [-0.39, 0.29) is 11.8 Å².